The highest BCUT2D eigenvalue weighted by Gasteiger charge is 2.40. The summed E-state index contributed by atoms with van der Waals surface area (Å²) in [6.07, 6.45) is 0.867. The van der Waals surface area contributed by atoms with E-state index in [-0.39, 0.29) is 11.9 Å². The molecule has 1 aliphatic rings. The predicted octanol–water partition coefficient (Wildman–Crippen LogP) is 2.63. The topological polar surface area (TPSA) is 55.1 Å². The van der Waals surface area contributed by atoms with Crippen LogP contribution < -0.4 is 11.1 Å². The van der Waals surface area contributed by atoms with Gasteiger partial charge in [0.15, 0.2) is 0 Å². The van der Waals surface area contributed by atoms with Crippen molar-refractivity contribution in [1.82, 2.24) is 0 Å². The molecule has 0 fully saturated rings. The van der Waals surface area contributed by atoms with Gasteiger partial charge in [0.25, 0.3) is 0 Å². The minimum atomic E-state index is -0.455. The van der Waals surface area contributed by atoms with Crippen molar-refractivity contribution in [1.29, 1.82) is 0 Å². The number of carbonyl (C=O) groups excluding carboxylic acids is 1. The second-order valence-corrected chi connectivity index (χ2v) is 5.37. The Labute approximate surface area is 102 Å². The van der Waals surface area contributed by atoms with E-state index in [4.69, 9.17) is 5.73 Å². The van der Waals surface area contributed by atoms with Crippen LogP contribution in [0.4, 0.5) is 5.69 Å². The van der Waals surface area contributed by atoms with Crippen LogP contribution in [0.2, 0.25) is 0 Å². The Kier molecular flexibility index (Phi) is 2.74. The van der Waals surface area contributed by atoms with E-state index in [0.717, 1.165) is 28.8 Å². The molecule has 2 rings (SSSR count). The second-order valence-electron chi connectivity index (χ2n) is 5.37. The molecule has 1 atom stereocenters. The van der Waals surface area contributed by atoms with E-state index in [1.165, 1.54) is 0 Å². The molecule has 0 aliphatic carbocycles. The first kappa shape index (κ1) is 12.1. The molecule has 0 radical (unpaired) electrons. The highest BCUT2D eigenvalue weighted by molar-refractivity contribution is 6.06. The summed E-state index contributed by atoms with van der Waals surface area (Å²) >= 11 is 0. The molecule has 3 N–H and O–H groups in total. The molecule has 0 bridgehead atoms. The Bertz CT molecular complexity index is 477. The number of amides is 1. The lowest BCUT2D eigenvalue weighted by Gasteiger charge is -2.18. The van der Waals surface area contributed by atoms with Crippen molar-refractivity contribution in [3.05, 3.63) is 28.8 Å². The number of benzene rings is 1. The number of rotatable bonds is 2. The average molecular weight is 232 g/mol. The maximum absolute atomic E-state index is 12.0. The van der Waals surface area contributed by atoms with Crippen molar-refractivity contribution >= 4 is 11.6 Å². The van der Waals surface area contributed by atoms with Gasteiger partial charge in [-0.25, -0.2) is 0 Å². The van der Waals surface area contributed by atoms with Gasteiger partial charge in [0.05, 0.1) is 5.41 Å². The quantitative estimate of drug-likeness (QED) is 0.823. The normalized spacial score (nSPS) is 18.8. The first-order chi connectivity index (χ1) is 7.87. The number of hydrogen-bond donors (Lipinski definition) is 2. The Balaban J connectivity index is 2.64. The maximum Gasteiger partial charge on any atom is 0.234 e. The van der Waals surface area contributed by atoms with Crippen LogP contribution in [0.5, 0.6) is 0 Å². The van der Waals surface area contributed by atoms with Crippen molar-refractivity contribution in [2.45, 2.75) is 45.6 Å². The van der Waals surface area contributed by atoms with E-state index in [1.54, 1.807) is 0 Å². The Hall–Kier alpha value is -1.35. The fraction of sp³-hybridized carbons (Fsp3) is 0.500. The molecule has 1 aromatic rings. The van der Waals surface area contributed by atoms with E-state index in [1.807, 2.05) is 20.8 Å². The zero-order chi connectivity index (χ0) is 12.8. The molecule has 3 nitrogen and oxygen atoms in total. The van der Waals surface area contributed by atoms with Crippen LogP contribution >= 0.6 is 0 Å². The van der Waals surface area contributed by atoms with Gasteiger partial charge in [-0.15, -0.1) is 0 Å². The molecule has 92 valence electrons. The molecule has 1 amide bonds. The van der Waals surface area contributed by atoms with Gasteiger partial charge in [-0.05, 0) is 38.3 Å². The number of nitrogens with one attached hydrogen (secondary N) is 1. The number of carbonyl (C=O) groups is 1. The summed E-state index contributed by atoms with van der Waals surface area (Å²) in [6, 6.07) is 4.14. The fourth-order valence-corrected chi connectivity index (χ4v) is 2.35. The van der Waals surface area contributed by atoms with Gasteiger partial charge in [-0.1, -0.05) is 24.6 Å². The standard InChI is InChI=1S/C14H20N2O/c1-5-11(15)9-6-8(2)7-10-12(9)16-13(17)14(10,3)4/h6-7,11H,5,15H2,1-4H3,(H,16,17). The molecular formula is C14H20N2O. The van der Waals surface area contributed by atoms with Crippen molar-refractivity contribution < 1.29 is 4.79 Å². The summed E-state index contributed by atoms with van der Waals surface area (Å²) in [5, 5.41) is 2.98. The highest BCUT2D eigenvalue weighted by atomic mass is 16.2. The molecular weight excluding hydrogens is 212 g/mol. The Morgan fingerprint density at radius 1 is 1.41 bits per heavy atom. The van der Waals surface area contributed by atoms with Crippen LogP contribution in [0.15, 0.2) is 12.1 Å². The average Bonchev–Trinajstić information content (AvgIpc) is 2.50. The molecule has 0 saturated carbocycles. The summed E-state index contributed by atoms with van der Waals surface area (Å²) in [6.45, 7) is 8.01. The molecule has 1 aliphatic heterocycles. The molecule has 3 heteroatoms. The Morgan fingerprint density at radius 3 is 2.65 bits per heavy atom. The minimum Gasteiger partial charge on any atom is -0.325 e. The number of aryl methyl sites for hydroxylation is 1. The summed E-state index contributed by atoms with van der Waals surface area (Å²) in [4.78, 5) is 12.0. The molecule has 1 aromatic carbocycles. The summed E-state index contributed by atoms with van der Waals surface area (Å²) in [5.41, 5.74) is 9.88. The summed E-state index contributed by atoms with van der Waals surface area (Å²) in [7, 11) is 0. The van der Waals surface area contributed by atoms with Crippen LogP contribution in [-0.4, -0.2) is 5.91 Å². The lowest BCUT2D eigenvalue weighted by Crippen LogP contribution is -2.26. The van der Waals surface area contributed by atoms with Crippen molar-refractivity contribution in [3.63, 3.8) is 0 Å². The monoisotopic (exact) mass is 232 g/mol. The van der Waals surface area contributed by atoms with Crippen LogP contribution in [-0.2, 0) is 10.2 Å². The fourth-order valence-electron chi connectivity index (χ4n) is 2.35. The van der Waals surface area contributed by atoms with Gasteiger partial charge in [-0.3, -0.25) is 4.79 Å². The van der Waals surface area contributed by atoms with Crippen molar-refractivity contribution in [3.8, 4) is 0 Å². The van der Waals surface area contributed by atoms with Crippen LogP contribution in [0.3, 0.4) is 0 Å². The molecule has 0 saturated heterocycles. The van der Waals surface area contributed by atoms with Gasteiger partial charge in [-0.2, -0.15) is 0 Å². The molecule has 17 heavy (non-hydrogen) atoms. The third-order valence-electron chi connectivity index (χ3n) is 3.63. The van der Waals surface area contributed by atoms with Gasteiger partial charge in [0, 0.05) is 11.7 Å². The van der Waals surface area contributed by atoms with E-state index in [0.29, 0.717) is 0 Å². The first-order valence-corrected chi connectivity index (χ1v) is 6.10. The molecule has 0 aromatic heterocycles. The smallest absolute Gasteiger partial charge is 0.234 e. The SMILES string of the molecule is CCC(N)c1cc(C)cc2c1NC(=O)C2(C)C. The second kappa shape index (κ2) is 3.84. The number of nitrogens with two attached hydrogens (primary N) is 1. The Morgan fingerprint density at radius 2 is 2.06 bits per heavy atom. The van der Waals surface area contributed by atoms with Gasteiger partial charge in [0.1, 0.15) is 0 Å². The number of anilines is 1. The van der Waals surface area contributed by atoms with Crippen molar-refractivity contribution in [2.75, 3.05) is 5.32 Å². The van der Waals surface area contributed by atoms with Gasteiger partial charge in [0.2, 0.25) is 5.91 Å². The summed E-state index contributed by atoms with van der Waals surface area (Å²) in [5.74, 6) is 0.0580. The number of hydrogen-bond acceptors (Lipinski definition) is 2. The summed E-state index contributed by atoms with van der Waals surface area (Å²) < 4.78 is 0. The first-order valence-electron chi connectivity index (χ1n) is 6.10. The lowest BCUT2D eigenvalue weighted by atomic mass is 9.83. The zero-order valence-corrected chi connectivity index (χ0v) is 10.9. The largest absolute Gasteiger partial charge is 0.325 e. The number of fused-ring (bicyclic) bond motifs is 1. The van der Waals surface area contributed by atoms with Crippen LogP contribution in [0, 0.1) is 6.92 Å². The maximum atomic E-state index is 12.0. The van der Waals surface area contributed by atoms with Crippen molar-refractivity contribution in [2.24, 2.45) is 5.73 Å². The van der Waals surface area contributed by atoms with E-state index in [2.05, 4.69) is 24.4 Å². The van der Waals surface area contributed by atoms with Gasteiger partial charge < -0.3 is 11.1 Å². The predicted molar refractivity (Wildman–Crippen MR) is 70.1 cm³/mol. The van der Waals surface area contributed by atoms with Crippen LogP contribution in [0.1, 0.15) is 49.9 Å². The highest BCUT2D eigenvalue weighted by Crippen LogP contribution is 2.42. The minimum absolute atomic E-state index is 0.0159. The zero-order valence-electron chi connectivity index (χ0n) is 10.9. The molecule has 1 unspecified atom stereocenters. The lowest BCUT2D eigenvalue weighted by molar-refractivity contribution is -0.119. The van der Waals surface area contributed by atoms with Crippen LogP contribution in [0.25, 0.3) is 0 Å². The van der Waals surface area contributed by atoms with E-state index in [9.17, 15) is 4.79 Å². The molecule has 1 heterocycles. The van der Waals surface area contributed by atoms with E-state index >= 15 is 0 Å². The van der Waals surface area contributed by atoms with Gasteiger partial charge >= 0.3 is 0 Å². The third kappa shape index (κ3) is 1.75. The third-order valence-corrected chi connectivity index (χ3v) is 3.63. The van der Waals surface area contributed by atoms with E-state index < -0.39 is 5.41 Å². The molecule has 0 spiro atoms.